The summed E-state index contributed by atoms with van der Waals surface area (Å²) in [5.74, 6) is 12.3. The van der Waals surface area contributed by atoms with E-state index in [1.54, 1.807) is 0 Å². The average molecular weight is 744 g/mol. The zero-order chi connectivity index (χ0) is 24.1. The van der Waals surface area contributed by atoms with Crippen LogP contribution in [0, 0.1) is 0 Å². The molecule has 0 amide bonds. The largest absolute Gasteiger partial charge is 2.00 e. The molecule has 0 aliphatic heterocycles. The minimum Gasteiger partial charge on any atom is -0.759 e. The quantitative estimate of drug-likeness (QED) is 0.127. The number of rotatable bonds is 4. The number of nitrogens with two attached hydrogens (primary N) is 2. The van der Waals surface area contributed by atoms with Gasteiger partial charge >= 0.3 is 34.1 Å². The Morgan fingerprint density at radius 1 is 0.500 bits per heavy atom. The van der Waals surface area contributed by atoms with Gasteiger partial charge in [-0.2, -0.15) is 0 Å². The summed E-state index contributed by atoms with van der Waals surface area (Å²) in [6.07, 6.45) is 0. The molecule has 0 aromatic carbocycles. The van der Waals surface area contributed by atoms with Gasteiger partial charge in [0.05, 0.1) is 0 Å². The predicted octanol–water partition coefficient (Wildman–Crippen LogP) is -9.09. The predicted molar refractivity (Wildman–Crippen MR) is 122 cm³/mol. The van der Waals surface area contributed by atoms with Gasteiger partial charge < -0.3 is 96.6 Å². The first-order valence-electron chi connectivity index (χ1n) is 6.87. The third-order valence-corrected chi connectivity index (χ3v) is 2.31. The molecule has 2 aromatic heterocycles. The molecular weight excluding hydrogens is 711 g/mol. The maximum Gasteiger partial charge on any atom is 2.00 e. The molecule has 0 spiro atoms. The normalized spacial score (nSPS) is 8.00. The summed E-state index contributed by atoms with van der Waals surface area (Å²) >= 11 is 0. The van der Waals surface area contributed by atoms with E-state index >= 15 is 0 Å². The van der Waals surface area contributed by atoms with Gasteiger partial charge in [-0.05, 0) is 0 Å². The molecule has 258 valence electrons. The Morgan fingerprint density at radius 2 is 0.600 bits per heavy atom. The van der Waals surface area contributed by atoms with Crippen LogP contribution in [-0.4, -0.2) is 109 Å². The maximum atomic E-state index is 8.52. The number of hydrogen-bond donors (Lipinski definition) is 2. The summed E-state index contributed by atoms with van der Waals surface area (Å²) in [5.41, 5.74) is 27.6. The molecule has 0 saturated heterocycles. The minimum atomic E-state index is -5.17. The first kappa shape index (κ1) is 77.0. The van der Waals surface area contributed by atoms with Gasteiger partial charge in [0.2, 0.25) is 0 Å². The molecule has 0 aliphatic rings. The van der Waals surface area contributed by atoms with Gasteiger partial charge in [0, 0.05) is 20.8 Å². The van der Waals surface area contributed by atoms with Crippen LogP contribution in [-0.2, 0) is 81.1 Å². The van der Waals surface area contributed by atoms with Gasteiger partial charge in [-0.3, -0.25) is 16.8 Å². The van der Waals surface area contributed by atoms with Crippen molar-refractivity contribution < 1.29 is 113 Å². The second-order valence-corrected chi connectivity index (χ2v) is 5.96. The van der Waals surface area contributed by atoms with Crippen molar-refractivity contribution in [2.24, 2.45) is 0 Å². The molecule has 40 heavy (non-hydrogen) atoms. The van der Waals surface area contributed by atoms with Crippen LogP contribution in [0.15, 0.2) is 0 Å². The van der Waals surface area contributed by atoms with E-state index in [2.05, 4.69) is 20.4 Å². The van der Waals surface area contributed by atoms with Gasteiger partial charge in [0.15, 0.2) is 0 Å². The average Bonchev–Trinajstić information content (AvgIpc) is 3.13. The molecule has 0 atom stereocenters. The Hall–Kier alpha value is -1.82. The fraction of sp³-hybridized carbons (Fsp3) is 0.500. The van der Waals surface area contributed by atoms with Crippen molar-refractivity contribution in [3.8, 4) is 0 Å². The molecule has 0 saturated carbocycles. The molecule has 0 bridgehead atoms. The smallest absolute Gasteiger partial charge is 0.759 e. The van der Waals surface area contributed by atoms with Gasteiger partial charge in [-0.25, -0.2) is 9.35 Å². The molecule has 2 rings (SSSR count). The fourth-order valence-corrected chi connectivity index (χ4v) is 1.20. The molecule has 2 heterocycles. The van der Waals surface area contributed by atoms with Gasteiger partial charge in [0.25, 0.3) is 0 Å². The van der Waals surface area contributed by atoms with E-state index in [0.29, 0.717) is 23.3 Å². The van der Waals surface area contributed by atoms with Gasteiger partial charge in [-0.1, -0.05) is 26.2 Å². The second kappa shape index (κ2) is 37.2. The van der Waals surface area contributed by atoms with E-state index in [1.807, 2.05) is 0 Å². The standard InChI is InChI=1S/2C4H8N6.2Cu.2H2O4S.8H2O/c2*5-1-3-8-9-4(2-6)10(3)7;;;2*1-5(2,3)4;;;;;;;;/h2*5-6H,1-2,7H2;;;2*(H2,1,2,3,4);8*1H2/q2*-2;2*+2;;;;;;;;;;/p-4. The molecule has 2 aromatic rings. The summed E-state index contributed by atoms with van der Waals surface area (Å²) in [5, 5.41) is 14.3. The van der Waals surface area contributed by atoms with Crippen LogP contribution in [0.5, 0.6) is 0 Å². The first-order valence-corrected chi connectivity index (χ1v) is 9.53. The molecule has 0 unspecified atom stereocenters. The van der Waals surface area contributed by atoms with Crippen LogP contribution in [0.25, 0.3) is 22.9 Å². The maximum absolute atomic E-state index is 8.52. The van der Waals surface area contributed by atoms with E-state index in [1.165, 1.54) is 9.35 Å². The van der Waals surface area contributed by atoms with Crippen molar-refractivity contribution in [2.75, 3.05) is 11.7 Å². The van der Waals surface area contributed by atoms with Crippen LogP contribution in [0.2, 0.25) is 0 Å². The molecule has 28 nitrogen and oxygen atoms in total. The van der Waals surface area contributed by atoms with Crippen LogP contribution in [0.1, 0.15) is 23.3 Å². The molecule has 0 aliphatic carbocycles. The Balaban J connectivity index is -0.0000000251. The topological polar surface area (TPSA) is 621 Å². The zero-order valence-corrected chi connectivity index (χ0v) is 22.9. The minimum absolute atomic E-state index is 0. The summed E-state index contributed by atoms with van der Waals surface area (Å²) in [6, 6.07) is 0. The van der Waals surface area contributed by atoms with Crippen molar-refractivity contribution >= 4 is 20.8 Å². The molecule has 2 radical (unpaired) electrons. The Labute approximate surface area is 247 Å². The first-order chi connectivity index (χ1) is 13.6. The summed E-state index contributed by atoms with van der Waals surface area (Å²) in [7, 11) is -10.3. The molecule has 0 fully saturated rings. The number of nitrogens with one attached hydrogen (secondary N) is 4. The third-order valence-electron chi connectivity index (χ3n) is 2.31. The van der Waals surface area contributed by atoms with E-state index in [9.17, 15) is 0 Å². The molecule has 32 heteroatoms. The fourth-order valence-electron chi connectivity index (χ4n) is 1.20. The Morgan fingerprint density at radius 3 is 0.650 bits per heavy atom. The van der Waals surface area contributed by atoms with Gasteiger partial charge in [0.1, 0.15) is 23.3 Å². The van der Waals surface area contributed by atoms with Crippen molar-refractivity contribution in [1.82, 2.24) is 29.7 Å². The number of hydrogen-bond acceptors (Lipinski definition) is 14. The zero-order valence-electron chi connectivity index (χ0n) is 19.4. The number of nitrogen functional groups attached to an aromatic ring is 2. The van der Waals surface area contributed by atoms with E-state index < -0.39 is 20.8 Å². The summed E-state index contributed by atoms with van der Waals surface area (Å²) < 4.78 is 70.5. The van der Waals surface area contributed by atoms with Crippen molar-refractivity contribution in [3.05, 3.63) is 46.2 Å². The van der Waals surface area contributed by atoms with Crippen molar-refractivity contribution in [3.63, 3.8) is 0 Å². The number of aromatic nitrogens is 6. The van der Waals surface area contributed by atoms with E-state index in [0.717, 1.165) is 0 Å². The Kier molecular flexibility index (Phi) is 71.6. The van der Waals surface area contributed by atoms with E-state index in [4.69, 9.17) is 69.7 Å². The third kappa shape index (κ3) is 43.2. The monoisotopic (exact) mass is 742 g/mol. The van der Waals surface area contributed by atoms with Crippen LogP contribution >= 0.6 is 0 Å². The van der Waals surface area contributed by atoms with Crippen LogP contribution < -0.4 is 11.7 Å². The summed E-state index contributed by atoms with van der Waals surface area (Å²) in [6.45, 7) is 0.0139. The van der Waals surface area contributed by atoms with Gasteiger partial charge in [-0.15, -0.1) is 20.4 Å². The van der Waals surface area contributed by atoms with Crippen LogP contribution in [0.4, 0.5) is 0 Å². The van der Waals surface area contributed by atoms with Crippen LogP contribution in [0.3, 0.4) is 0 Å². The van der Waals surface area contributed by atoms with Crippen molar-refractivity contribution in [2.45, 2.75) is 26.2 Å². The second-order valence-electron chi connectivity index (χ2n) is 4.33. The summed E-state index contributed by atoms with van der Waals surface area (Å²) in [4.78, 5) is 0. The van der Waals surface area contributed by atoms with E-state index in [-0.39, 0.29) is 104 Å². The molecular formula is C8H32Cu2N12O16S2-4. The molecule has 24 N–H and O–H groups in total. The number of nitrogens with zero attached hydrogens (tertiary/aromatic N) is 6. The van der Waals surface area contributed by atoms with Crippen molar-refractivity contribution in [1.29, 1.82) is 0 Å². The SMILES string of the molecule is O.O.O.O.O.O.O.O.O=S(=O)([O-])[O-].O=S(=O)([O-])[O-].[Cu+2].[Cu+2].[NH-]Cc1nnc(C[NH-])n1N.[NH-]Cc1nnc(C[NH-])n1N. The Bertz CT molecular complexity index is 841.